The highest BCUT2D eigenvalue weighted by atomic mass is 15.2. The maximum atomic E-state index is 4.12. The summed E-state index contributed by atoms with van der Waals surface area (Å²) in [6.45, 7) is 8.06. The maximum Gasteiger partial charge on any atom is 0.0271 e. The molecule has 0 radical (unpaired) electrons. The van der Waals surface area contributed by atoms with Crippen molar-refractivity contribution in [3.63, 3.8) is 0 Å². The smallest absolute Gasteiger partial charge is 0.0271 e. The lowest BCUT2D eigenvalue weighted by Gasteiger charge is -2.42. The molecule has 1 saturated carbocycles. The molecule has 19 heavy (non-hydrogen) atoms. The largest absolute Gasteiger partial charge is 0.311 e. The summed E-state index contributed by atoms with van der Waals surface area (Å²) >= 11 is 0. The Morgan fingerprint density at radius 1 is 1.32 bits per heavy atom. The Labute approximate surface area is 116 Å². The van der Waals surface area contributed by atoms with Gasteiger partial charge in [-0.3, -0.25) is 9.88 Å². The molecule has 2 unspecified atom stereocenters. The number of nitrogens with zero attached hydrogens (tertiary/aromatic N) is 2. The molecule has 0 amide bonds. The van der Waals surface area contributed by atoms with Crippen LogP contribution in [0.1, 0.15) is 32.3 Å². The molecule has 0 bridgehead atoms. The lowest BCUT2D eigenvalue weighted by Crippen LogP contribution is -2.58. The summed E-state index contributed by atoms with van der Waals surface area (Å²) < 4.78 is 0. The van der Waals surface area contributed by atoms with Gasteiger partial charge in [-0.25, -0.2) is 0 Å². The number of piperazine rings is 1. The molecule has 2 heterocycles. The number of hydrogen-bond donors (Lipinski definition) is 1. The molecule has 1 aliphatic carbocycles. The summed E-state index contributed by atoms with van der Waals surface area (Å²) in [5.41, 5.74) is 1.39. The summed E-state index contributed by atoms with van der Waals surface area (Å²) in [5, 5.41) is 3.75. The maximum absolute atomic E-state index is 4.12. The predicted molar refractivity (Wildman–Crippen MR) is 77.8 cm³/mol. The Morgan fingerprint density at radius 2 is 2.05 bits per heavy atom. The fourth-order valence-electron chi connectivity index (χ4n) is 3.15. The third-order valence-electron chi connectivity index (χ3n) is 4.60. The Kier molecular flexibility index (Phi) is 3.85. The SMILES string of the molecule is CC(C)C1CN(Cc2ccncc2)C(C2CC2)CN1. The molecule has 3 heteroatoms. The van der Waals surface area contributed by atoms with Gasteiger partial charge in [0.2, 0.25) is 0 Å². The van der Waals surface area contributed by atoms with Gasteiger partial charge in [-0.1, -0.05) is 13.8 Å². The third-order valence-corrected chi connectivity index (χ3v) is 4.60. The fourth-order valence-corrected chi connectivity index (χ4v) is 3.15. The van der Waals surface area contributed by atoms with Crippen molar-refractivity contribution in [2.75, 3.05) is 13.1 Å². The molecule has 2 atom stereocenters. The van der Waals surface area contributed by atoms with Gasteiger partial charge in [0.1, 0.15) is 0 Å². The number of nitrogens with one attached hydrogen (secondary N) is 1. The molecule has 1 aliphatic heterocycles. The van der Waals surface area contributed by atoms with Crippen molar-refractivity contribution in [1.29, 1.82) is 0 Å². The summed E-state index contributed by atoms with van der Waals surface area (Å²) in [5.74, 6) is 1.64. The van der Waals surface area contributed by atoms with Crippen LogP contribution in [-0.4, -0.2) is 35.1 Å². The average molecular weight is 259 g/mol. The highest BCUT2D eigenvalue weighted by Crippen LogP contribution is 2.37. The van der Waals surface area contributed by atoms with Crippen molar-refractivity contribution >= 4 is 0 Å². The first kappa shape index (κ1) is 13.1. The van der Waals surface area contributed by atoms with Gasteiger partial charge in [0.15, 0.2) is 0 Å². The molecular formula is C16H25N3. The van der Waals surface area contributed by atoms with Crippen LogP contribution in [0.3, 0.4) is 0 Å². The van der Waals surface area contributed by atoms with E-state index in [0.29, 0.717) is 12.0 Å². The van der Waals surface area contributed by atoms with Gasteiger partial charge < -0.3 is 5.32 Å². The second kappa shape index (κ2) is 5.59. The van der Waals surface area contributed by atoms with Crippen LogP contribution in [0.2, 0.25) is 0 Å². The van der Waals surface area contributed by atoms with Crippen LogP contribution in [0.4, 0.5) is 0 Å². The molecular weight excluding hydrogens is 234 g/mol. The zero-order valence-electron chi connectivity index (χ0n) is 12.0. The zero-order chi connectivity index (χ0) is 13.2. The van der Waals surface area contributed by atoms with E-state index < -0.39 is 0 Å². The van der Waals surface area contributed by atoms with Crippen molar-refractivity contribution in [2.24, 2.45) is 11.8 Å². The third kappa shape index (κ3) is 3.15. The number of aromatic nitrogens is 1. The quantitative estimate of drug-likeness (QED) is 0.899. The molecule has 3 rings (SSSR count). The van der Waals surface area contributed by atoms with Crippen LogP contribution in [0.15, 0.2) is 24.5 Å². The molecule has 0 aromatic carbocycles. The van der Waals surface area contributed by atoms with E-state index in [1.54, 1.807) is 0 Å². The molecule has 1 aromatic rings. The number of rotatable bonds is 4. The minimum atomic E-state index is 0.636. The van der Waals surface area contributed by atoms with Crippen molar-refractivity contribution in [3.05, 3.63) is 30.1 Å². The molecule has 2 aliphatic rings. The van der Waals surface area contributed by atoms with Crippen molar-refractivity contribution in [2.45, 2.75) is 45.3 Å². The first-order chi connectivity index (χ1) is 9.24. The average Bonchev–Trinajstić information content (AvgIpc) is 3.24. The lowest BCUT2D eigenvalue weighted by atomic mass is 9.97. The molecule has 1 N–H and O–H groups in total. The minimum Gasteiger partial charge on any atom is -0.311 e. The van der Waals surface area contributed by atoms with Crippen LogP contribution in [0, 0.1) is 11.8 Å². The van der Waals surface area contributed by atoms with Gasteiger partial charge in [0, 0.05) is 44.1 Å². The van der Waals surface area contributed by atoms with E-state index in [1.165, 1.54) is 31.5 Å². The molecule has 3 nitrogen and oxygen atoms in total. The Bertz CT molecular complexity index is 400. The predicted octanol–water partition coefficient (Wildman–Crippen LogP) is 2.29. The molecule has 0 spiro atoms. The molecule has 1 aromatic heterocycles. The van der Waals surface area contributed by atoms with Gasteiger partial charge >= 0.3 is 0 Å². The summed E-state index contributed by atoms with van der Waals surface area (Å²) in [6, 6.07) is 5.67. The molecule has 104 valence electrons. The van der Waals surface area contributed by atoms with Crippen molar-refractivity contribution in [1.82, 2.24) is 15.2 Å². The van der Waals surface area contributed by atoms with Crippen LogP contribution < -0.4 is 5.32 Å². The van der Waals surface area contributed by atoms with Gasteiger partial charge in [0.25, 0.3) is 0 Å². The number of pyridine rings is 1. The lowest BCUT2D eigenvalue weighted by molar-refractivity contribution is 0.0926. The highest BCUT2D eigenvalue weighted by molar-refractivity contribution is 5.11. The monoisotopic (exact) mass is 259 g/mol. The first-order valence-corrected chi connectivity index (χ1v) is 7.60. The van der Waals surface area contributed by atoms with Gasteiger partial charge in [-0.05, 0) is 42.4 Å². The molecule has 2 fully saturated rings. The Hall–Kier alpha value is -0.930. The van der Waals surface area contributed by atoms with E-state index in [0.717, 1.165) is 18.5 Å². The normalized spacial score (nSPS) is 28.8. The van der Waals surface area contributed by atoms with Crippen LogP contribution >= 0.6 is 0 Å². The van der Waals surface area contributed by atoms with Crippen LogP contribution in [0.5, 0.6) is 0 Å². The standard InChI is InChI=1S/C16H25N3/c1-12(2)15-11-19(10-13-5-7-17-8-6-13)16(9-18-15)14-3-4-14/h5-8,12,14-16,18H,3-4,9-11H2,1-2H3. The second-order valence-electron chi connectivity index (χ2n) is 6.45. The van der Waals surface area contributed by atoms with Crippen LogP contribution in [0.25, 0.3) is 0 Å². The van der Waals surface area contributed by atoms with E-state index >= 15 is 0 Å². The van der Waals surface area contributed by atoms with E-state index in [2.05, 4.69) is 41.2 Å². The summed E-state index contributed by atoms with van der Waals surface area (Å²) in [6.07, 6.45) is 6.66. The summed E-state index contributed by atoms with van der Waals surface area (Å²) in [4.78, 5) is 6.82. The Balaban J connectivity index is 1.70. The fraction of sp³-hybridized carbons (Fsp3) is 0.688. The van der Waals surface area contributed by atoms with E-state index in [1.807, 2.05) is 12.4 Å². The van der Waals surface area contributed by atoms with E-state index in [4.69, 9.17) is 0 Å². The minimum absolute atomic E-state index is 0.636. The van der Waals surface area contributed by atoms with E-state index in [-0.39, 0.29) is 0 Å². The van der Waals surface area contributed by atoms with Crippen molar-refractivity contribution < 1.29 is 0 Å². The van der Waals surface area contributed by atoms with Crippen LogP contribution in [-0.2, 0) is 6.54 Å². The first-order valence-electron chi connectivity index (χ1n) is 7.60. The topological polar surface area (TPSA) is 28.2 Å². The van der Waals surface area contributed by atoms with Crippen molar-refractivity contribution in [3.8, 4) is 0 Å². The molecule has 1 saturated heterocycles. The highest BCUT2D eigenvalue weighted by Gasteiger charge is 2.39. The summed E-state index contributed by atoms with van der Waals surface area (Å²) in [7, 11) is 0. The number of hydrogen-bond acceptors (Lipinski definition) is 3. The van der Waals surface area contributed by atoms with Gasteiger partial charge in [-0.2, -0.15) is 0 Å². The second-order valence-corrected chi connectivity index (χ2v) is 6.45. The Morgan fingerprint density at radius 3 is 2.68 bits per heavy atom. The van der Waals surface area contributed by atoms with Gasteiger partial charge in [-0.15, -0.1) is 0 Å². The zero-order valence-corrected chi connectivity index (χ0v) is 12.0. The van der Waals surface area contributed by atoms with Gasteiger partial charge in [0.05, 0.1) is 0 Å². The van der Waals surface area contributed by atoms with E-state index in [9.17, 15) is 0 Å².